The van der Waals surface area contributed by atoms with Crippen LogP contribution in [0.2, 0.25) is 0 Å². The van der Waals surface area contributed by atoms with Gasteiger partial charge in [0, 0.05) is 18.0 Å². The number of ether oxygens (including phenoxy) is 1. The van der Waals surface area contributed by atoms with Gasteiger partial charge in [-0.1, -0.05) is 18.2 Å². The van der Waals surface area contributed by atoms with Gasteiger partial charge in [-0.15, -0.1) is 11.8 Å². The zero-order valence-electron chi connectivity index (χ0n) is 12.1. The average Bonchev–Trinajstić information content (AvgIpc) is 2.97. The number of amides is 1. The number of benzene rings is 1. The Kier molecular flexibility index (Phi) is 4.19. The van der Waals surface area contributed by atoms with E-state index in [1.54, 1.807) is 11.8 Å². The molecule has 2 heterocycles. The molecular formula is C16H19NO3S. The van der Waals surface area contributed by atoms with Crippen molar-refractivity contribution in [1.29, 1.82) is 0 Å². The number of carbonyl (C=O) groups excluding carboxylic acids is 2. The molecular weight excluding hydrogens is 286 g/mol. The number of hydrogen-bond donors (Lipinski definition) is 0. The van der Waals surface area contributed by atoms with Gasteiger partial charge < -0.3 is 9.64 Å². The van der Waals surface area contributed by atoms with Gasteiger partial charge in [-0.2, -0.15) is 0 Å². The second-order valence-electron chi connectivity index (χ2n) is 5.54. The Labute approximate surface area is 128 Å². The SMILES string of the molecule is COC(=O)C1CCN(C(=O)[C@@H]2Cc3ccccc3S2)CC1. The van der Waals surface area contributed by atoms with Gasteiger partial charge in [-0.25, -0.2) is 0 Å². The Morgan fingerprint density at radius 2 is 1.95 bits per heavy atom. The molecule has 0 bridgehead atoms. The summed E-state index contributed by atoms with van der Waals surface area (Å²) in [6.45, 7) is 1.32. The minimum Gasteiger partial charge on any atom is -0.469 e. The molecule has 112 valence electrons. The third-order valence-corrected chi connectivity index (χ3v) is 5.57. The summed E-state index contributed by atoms with van der Waals surface area (Å²) in [5.41, 5.74) is 1.27. The van der Waals surface area contributed by atoms with Crippen molar-refractivity contribution in [3.63, 3.8) is 0 Å². The fourth-order valence-electron chi connectivity index (χ4n) is 3.03. The molecule has 0 aliphatic carbocycles. The van der Waals surface area contributed by atoms with Crippen molar-refractivity contribution < 1.29 is 14.3 Å². The molecule has 1 atom stereocenters. The Balaban J connectivity index is 1.57. The minimum absolute atomic E-state index is 0.00271. The predicted molar refractivity (Wildman–Crippen MR) is 81.1 cm³/mol. The van der Waals surface area contributed by atoms with E-state index in [9.17, 15) is 9.59 Å². The summed E-state index contributed by atoms with van der Waals surface area (Å²) in [7, 11) is 1.42. The first-order chi connectivity index (χ1) is 10.2. The molecule has 2 aliphatic rings. The van der Waals surface area contributed by atoms with Gasteiger partial charge in [0.1, 0.15) is 0 Å². The molecule has 5 heteroatoms. The van der Waals surface area contributed by atoms with Crippen LogP contribution in [-0.4, -0.2) is 42.2 Å². The van der Waals surface area contributed by atoms with E-state index in [1.165, 1.54) is 17.6 Å². The van der Waals surface area contributed by atoms with Crippen LogP contribution in [0.15, 0.2) is 29.2 Å². The summed E-state index contributed by atoms with van der Waals surface area (Å²) < 4.78 is 4.78. The maximum absolute atomic E-state index is 12.6. The molecule has 4 nitrogen and oxygen atoms in total. The van der Waals surface area contributed by atoms with Crippen LogP contribution < -0.4 is 0 Å². The molecule has 0 spiro atoms. The van der Waals surface area contributed by atoms with Gasteiger partial charge in [0.25, 0.3) is 0 Å². The molecule has 0 radical (unpaired) electrons. The fraction of sp³-hybridized carbons (Fsp3) is 0.500. The van der Waals surface area contributed by atoms with Gasteiger partial charge in [-0.05, 0) is 30.9 Å². The third kappa shape index (κ3) is 2.93. The smallest absolute Gasteiger partial charge is 0.308 e. The number of esters is 1. The Morgan fingerprint density at radius 3 is 2.62 bits per heavy atom. The van der Waals surface area contributed by atoms with E-state index in [2.05, 4.69) is 12.1 Å². The fourth-order valence-corrected chi connectivity index (χ4v) is 4.30. The highest BCUT2D eigenvalue weighted by Gasteiger charge is 2.34. The number of hydrogen-bond acceptors (Lipinski definition) is 4. The highest BCUT2D eigenvalue weighted by Crippen LogP contribution is 2.38. The van der Waals surface area contributed by atoms with Gasteiger partial charge in [0.05, 0.1) is 18.3 Å². The van der Waals surface area contributed by atoms with Gasteiger partial charge in [0.2, 0.25) is 5.91 Å². The summed E-state index contributed by atoms with van der Waals surface area (Å²) in [4.78, 5) is 27.3. The second kappa shape index (κ2) is 6.10. The first-order valence-corrected chi connectivity index (χ1v) is 8.18. The van der Waals surface area contributed by atoms with E-state index in [1.807, 2.05) is 17.0 Å². The van der Waals surface area contributed by atoms with Gasteiger partial charge in [0.15, 0.2) is 0 Å². The molecule has 1 aromatic rings. The molecule has 3 rings (SSSR count). The lowest BCUT2D eigenvalue weighted by atomic mass is 9.96. The van der Waals surface area contributed by atoms with E-state index in [0.29, 0.717) is 25.9 Å². The van der Waals surface area contributed by atoms with Crippen molar-refractivity contribution in [2.24, 2.45) is 5.92 Å². The molecule has 0 aromatic heterocycles. The van der Waals surface area contributed by atoms with Crippen molar-refractivity contribution >= 4 is 23.6 Å². The Bertz CT molecular complexity index is 527. The summed E-state index contributed by atoms with van der Waals surface area (Å²) >= 11 is 1.67. The number of carbonyl (C=O) groups is 2. The van der Waals surface area contributed by atoms with Crippen LogP contribution >= 0.6 is 11.8 Å². The molecule has 1 amide bonds. The molecule has 1 aromatic carbocycles. The first kappa shape index (κ1) is 14.4. The number of piperidine rings is 1. The zero-order valence-corrected chi connectivity index (χ0v) is 12.9. The van der Waals surface area contributed by atoms with Gasteiger partial charge >= 0.3 is 5.97 Å². The topological polar surface area (TPSA) is 46.6 Å². The van der Waals surface area contributed by atoms with Crippen LogP contribution in [0.1, 0.15) is 18.4 Å². The van der Waals surface area contributed by atoms with Crippen LogP contribution in [0.5, 0.6) is 0 Å². The summed E-state index contributed by atoms with van der Waals surface area (Å²) in [5, 5.41) is -0.00271. The first-order valence-electron chi connectivity index (χ1n) is 7.30. The monoisotopic (exact) mass is 305 g/mol. The predicted octanol–water partition coefficient (Wildman–Crippen LogP) is 2.11. The number of fused-ring (bicyclic) bond motifs is 1. The van der Waals surface area contributed by atoms with Crippen LogP contribution in [0.25, 0.3) is 0 Å². The molecule has 0 unspecified atom stereocenters. The van der Waals surface area contributed by atoms with E-state index in [4.69, 9.17) is 4.74 Å². The van der Waals surface area contributed by atoms with Crippen LogP contribution in [-0.2, 0) is 20.7 Å². The molecule has 2 aliphatic heterocycles. The lowest BCUT2D eigenvalue weighted by Gasteiger charge is -2.32. The number of rotatable bonds is 2. The van der Waals surface area contributed by atoms with Crippen molar-refractivity contribution in [1.82, 2.24) is 4.90 Å². The lowest BCUT2D eigenvalue weighted by Crippen LogP contribution is -2.44. The lowest BCUT2D eigenvalue weighted by molar-refractivity contribution is -0.148. The molecule has 1 fully saturated rings. The normalized spacial score (nSPS) is 22.0. The van der Waals surface area contributed by atoms with Crippen molar-refractivity contribution in [3.05, 3.63) is 29.8 Å². The van der Waals surface area contributed by atoms with Crippen molar-refractivity contribution in [3.8, 4) is 0 Å². The Morgan fingerprint density at radius 1 is 1.24 bits per heavy atom. The van der Waals surface area contributed by atoms with Crippen LogP contribution in [0.4, 0.5) is 0 Å². The largest absolute Gasteiger partial charge is 0.469 e. The maximum atomic E-state index is 12.6. The summed E-state index contributed by atoms with van der Waals surface area (Å²) in [5.74, 6) is 0.0109. The highest BCUT2D eigenvalue weighted by molar-refractivity contribution is 8.01. The number of methoxy groups -OCH3 is 1. The zero-order chi connectivity index (χ0) is 14.8. The second-order valence-corrected chi connectivity index (χ2v) is 6.79. The summed E-state index contributed by atoms with van der Waals surface area (Å²) in [6, 6.07) is 8.21. The van der Waals surface area contributed by atoms with E-state index in [0.717, 1.165) is 6.42 Å². The van der Waals surface area contributed by atoms with E-state index >= 15 is 0 Å². The number of thioether (sulfide) groups is 1. The third-order valence-electron chi connectivity index (χ3n) is 4.26. The molecule has 1 saturated heterocycles. The molecule has 21 heavy (non-hydrogen) atoms. The van der Waals surface area contributed by atoms with Gasteiger partial charge in [-0.3, -0.25) is 9.59 Å². The minimum atomic E-state index is -0.148. The standard InChI is InChI=1S/C16H19NO3S/c1-20-16(19)11-6-8-17(9-7-11)15(18)14-10-12-4-2-3-5-13(12)21-14/h2-5,11,14H,6-10H2,1H3/t14-/m0/s1. The summed E-state index contributed by atoms with van der Waals surface area (Å²) in [6.07, 6.45) is 2.24. The van der Waals surface area contributed by atoms with Crippen molar-refractivity contribution in [2.45, 2.75) is 29.4 Å². The average molecular weight is 305 g/mol. The van der Waals surface area contributed by atoms with Crippen LogP contribution in [0, 0.1) is 5.92 Å². The quantitative estimate of drug-likeness (QED) is 0.785. The van der Waals surface area contributed by atoms with E-state index < -0.39 is 0 Å². The molecule has 0 saturated carbocycles. The molecule has 0 N–H and O–H groups in total. The van der Waals surface area contributed by atoms with E-state index in [-0.39, 0.29) is 23.0 Å². The van der Waals surface area contributed by atoms with Crippen LogP contribution in [0.3, 0.4) is 0 Å². The Hall–Kier alpha value is -1.49. The highest BCUT2D eigenvalue weighted by atomic mass is 32.2. The van der Waals surface area contributed by atoms with Crippen molar-refractivity contribution in [2.75, 3.05) is 20.2 Å². The number of nitrogens with zero attached hydrogens (tertiary/aromatic N) is 1. The maximum Gasteiger partial charge on any atom is 0.308 e. The number of likely N-dealkylation sites (tertiary alicyclic amines) is 1.